The predicted octanol–water partition coefficient (Wildman–Crippen LogP) is 3.64. The van der Waals surface area contributed by atoms with E-state index in [1.54, 1.807) is 13.0 Å². The number of carbonyl (C=O) groups is 1. The van der Waals surface area contributed by atoms with Crippen molar-refractivity contribution in [2.24, 2.45) is 0 Å². The van der Waals surface area contributed by atoms with Gasteiger partial charge in [0.2, 0.25) is 10.0 Å². The van der Waals surface area contributed by atoms with E-state index in [4.69, 9.17) is 0 Å². The molecule has 0 spiro atoms. The second-order valence-corrected chi connectivity index (χ2v) is 8.36. The molecule has 1 aromatic heterocycles. The Bertz CT molecular complexity index is 984. The standard InChI is InChI=1S/C18H16F4N2O3S/c1-11-3-2-4-14(19)17(11)15-9-12(25)7-8-24(15)28(26,27)13-5-6-16(23-10-13)18(20,21)22/h2-6,10,15H,7-9H2,1H3. The zero-order valence-electron chi connectivity index (χ0n) is 14.7. The predicted molar refractivity (Wildman–Crippen MR) is 91.2 cm³/mol. The minimum Gasteiger partial charge on any atom is -0.300 e. The van der Waals surface area contributed by atoms with Gasteiger partial charge in [0.1, 0.15) is 22.2 Å². The normalized spacial score (nSPS) is 19.0. The van der Waals surface area contributed by atoms with E-state index in [0.717, 1.165) is 10.4 Å². The van der Waals surface area contributed by atoms with Gasteiger partial charge in [-0.3, -0.25) is 9.78 Å². The van der Waals surface area contributed by atoms with E-state index in [9.17, 15) is 30.8 Å². The van der Waals surface area contributed by atoms with E-state index >= 15 is 0 Å². The molecular weight excluding hydrogens is 400 g/mol. The molecule has 5 nitrogen and oxygen atoms in total. The number of halogens is 4. The molecule has 1 atom stereocenters. The van der Waals surface area contributed by atoms with Crippen molar-refractivity contribution in [2.75, 3.05) is 6.54 Å². The number of ketones is 1. The van der Waals surface area contributed by atoms with Gasteiger partial charge in [0.25, 0.3) is 0 Å². The summed E-state index contributed by atoms with van der Waals surface area (Å²) in [5, 5.41) is 0. The fourth-order valence-corrected chi connectivity index (χ4v) is 4.79. The highest BCUT2D eigenvalue weighted by Gasteiger charge is 2.40. The lowest BCUT2D eigenvalue weighted by molar-refractivity contribution is -0.141. The van der Waals surface area contributed by atoms with Crippen molar-refractivity contribution in [3.63, 3.8) is 0 Å². The van der Waals surface area contributed by atoms with Crippen LogP contribution in [-0.4, -0.2) is 30.0 Å². The van der Waals surface area contributed by atoms with E-state index in [2.05, 4.69) is 4.98 Å². The highest BCUT2D eigenvalue weighted by atomic mass is 32.2. The molecule has 150 valence electrons. The Morgan fingerprint density at radius 1 is 1.18 bits per heavy atom. The van der Waals surface area contributed by atoms with E-state index in [-0.39, 0.29) is 30.7 Å². The summed E-state index contributed by atoms with van der Waals surface area (Å²) in [6.07, 6.45) is -4.35. The summed E-state index contributed by atoms with van der Waals surface area (Å²) in [5.74, 6) is -0.866. The van der Waals surface area contributed by atoms with Gasteiger partial charge in [0, 0.05) is 31.1 Å². The Hall–Kier alpha value is -2.33. The smallest absolute Gasteiger partial charge is 0.300 e. The molecule has 0 saturated carbocycles. The minimum atomic E-state index is -4.70. The number of hydrogen-bond donors (Lipinski definition) is 0. The van der Waals surface area contributed by atoms with Crippen LogP contribution >= 0.6 is 0 Å². The second-order valence-electron chi connectivity index (χ2n) is 6.47. The first-order valence-electron chi connectivity index (χ1n) is 8.33. The summed E-state index contributed by atoms with van der Waals surface area (Å²) < 4.78 is 79.5. The molecule has 0 N–H and O–H groups in total. The fraction of sp³-hybridized carbons (Fsp3) is 0.333. The number of hydrogen-bond acceptors (Lipinski definition) is 4. The molecule has 1 aliphatic rings. The van der Waals surface area contributed by atoms with Gasteiger partial charge in [-0.15, -0.1) is 0 Å². The van der Waals surface area contributed by atoms with E-state index < -0.39 is 38.6 Å². The van der Waals surface area contributed by atoms with E-state index in [1.165, 1.54) is 12.1 Å². The molecule has 0 radical (unpaired) electrons. The Labute approximate surface area is 159 Å². The van der Waals surface area contributed by atoms with Crippen LogP contribution in [0.2, 0.25) is 0 Å². The molecule has 0 aliphatic carbocycles. The largest absolute Gasteiger partial charge is 0.433 e. The summed E-state index contributed by atoms with van der Waals surface area (Å²) >= 11 is 0. The Balaban J connectivity index is 2.04. The average Bonchev–Trinajstić information content (AvgIpc) is 2.61. The van der Waals surface area contributed by atoms with Crippen LogP contribution in [0.5, 0.6) is 0 Å². The minimum absolute atomic E-state index is 0.0582. The SMILES string of the molecule is Cc1cccc(F)c1C1CC(=O)CCN1S(=O)(=O)c1ccc(C(F)(F)F)nc1. The second kappa shape index (κ2) is 7.25. The van der Waals surface area contributed by atoms with Gasteiger partial charge in [-0.1, -0.05) is 12.1 Å². The number of benzene rings is 1. The van der Waals surface area contributed by atoms with Crippen molar-refractivity contribution in [2.45, 2.75) is 36.9 Å². The number of piperidine rings is 1. The summed E-state index contributed by atoms with van der Waals surface area (Å²) in [7, 11) is -4.29. The third-order valence-corrected chi connectivity index (χ3v) is 6.51. The van der Waals surface area contributed by atoms with Crippen LogP contribution in [0.1, 0.15) is 35.7 Å². The van der Waals surface area contributed by atoms with Gasteiger partial charge in [-0.2, -0.15) is 17.5 Å². The molecule has 1 unspecified atom stereocenters. The van der Waals surface area contributed by atoms with Crippen LogP contribution < -0.4 is 0 Å². The van der Waals surface area contributed by atoms with Gasteiger partial charge < -0.3 is 0 Å². The number of Topliss-reactive ketones (excluding diaryl/α,β-unsaturated/α-hetero) is 1. The van der Waals surface area contributed by atoms with Crippen LogP contribution in [-0.2, 0) is 21.0 Å². The van der Waals surface area contributed by atoms with E-state index in [1.807, 2.05) is 0 Å². The lowest BCUT2D eigenvalue weighted by Gasteiger charge is -2.35. The van der Waals surface area contributed by atoms with Crippen LogP contribution in [0.15, 0.2) is 41.4 Å². The third-order valence-electron chi connectivity index (χ3n) is 4.62. The van der Waals surface area contributed by atoms with E-state index in [0.29, 0.717) is 17.8 Å². The monoisotopic (exact) mass is 416 g/mol. The zero-order valence-corrected chi connectivity index (χ0v) is 15.5. The van der Waals surface area contributed by atoms with Gasteiger partial charge in [0.15, 0.2) is 0 Å². The molecule has 2 aromatic rings. The maximum atomic E-state index is 14.4. The van der Waals surface area contributed by atoms with Gasteiger partial charge in [0.05, 0.1) is 6.04 Å². The Morgan fingerprint density at radius 2 is 1.89 bits per heavy atom. The number of alkyl halides is 3. The number of nitrogens with zero attached hydrogens (tertiary/aromatic N) is 2. The average molecular weight is 416 g/mol. The number of carbonyl (C=O) groups excluding carboxylic acids is 1. The number of aromatic nitrogens is 1. The number of sulfonamides is 1. The van der Waals surface area contributed by atoms with Crippen molar-refractivity contribution < 1.29 is 30.8 Å². The maximum Gasteiger partial charge on any atom is 0.433 e. The van der Waals surface area contributed by atoms with Crippen LogP contribution in [0, 0.1) is 12.7 Å². The Kier molecular flexibility index (Phi) is 5.28. The third kappa shape index (κ3) is 3.79. The molecule has 1 fully saturated rings. The first-order valence-corrected chi connectivity index (χ1v) is 9.77. The first kappa shape index (κ1) is 20.4. The quantitative estimate of drug-likeness (QED) is 0.717. The molecule has 0 bridgehead atoms. The molecule has 0 amide bonds. The number of rotatable bonds is 3. The van der Waals surface area contributed by atoms with Gasteiger partial charge in [-0.25, -0.2) is 12.8 Å². The first-order chi connectivity index (χ1) is 13.0. The molecule has 1 aromatic carbocycles. The number of pyridine rings is 1. The van der Waals surface area contributed by atoms with Gasteiger partial charge in [-0.05, 0) is 30.7 Å². The topological polar surface area (TPSA) is 67.3 Å². The van der Waals surface area contributed by atoms with Crippen molar-refractivity contribution in [3.8, 4) is 0 Å². The summed E-state index contributed by atoms with van der Waals surface area (Å²) in [6.45, 7) is 1.41. The van der Waals surface area contributed by atoms with Crippen LogP contribution in [0.4, 0.5) is 17.6 Å². The highest BCUT2D eigenvalue weighted by Crippen LogP contribution is 2.37. The van der Waals surface area contributed by atoms with Crippen molar-refractivity contribution in [1.29, 1.82) is 0 Å². The summed E-state index contributed by atoms with van der Waals surface area (Å²) in [4.78, 5) is 14.7. The molecular formula is C18H16F4N2O3S. The van der Waals surface area contributed by atoms with Crippen molar-refractivity contribution in [1.82, 2.24) is 9.29 Å². The molecule has 1 aliphatic heterocycles. The number of aryl methyl sites for hydroxylation is 1. The fourth-order valence-electron chi connectivity index (χ4n) is 3.25. The molecule has 1 saturated heterocycles. The van der Waals surface area contributed by atoms with Crippen LogP contribution in [0.25, 0.3) is 0 Å². The Morgan fingerprint density at radius 3 is 2.46 bits per heavy atom. The maximum absolute atomic E-state index is 14.4. The van der Waals surface area contributed by atoms with Crippen molar-refractivity contribution >= 4 is 15.8 Å². The lowest BCUT2D eigenvalue weighted by Crippen LogP contribution is -2.41. The van der Waals surface area contributed by atoms with Crippen molar-refractivity contribution in [3.05, 3.63) is 59.2 Å². The highest BCUT2D eigenvalue weighted by molar-refractivity contribution is 7.89. The lowest BCUT2D eigenvalue weighted by atomic mass is 9.93. The molecule has 10 heteroatoms. The molecule has 28 heavy (non-hydrogen) atoms. The molecule has 2 heterocycles. The van der Waals surface area contributed by atoms with Gasteiger partial charge >= 0.3 is 6.18 Å². The summed E-state index contributed by atoms with van der Waals surface area (Å²) in [6, 6.07) is 4.55. The molecule has 3 rings (SSSR count). The van der Waals surface area contributed by atoms with Crippen LogP contribution in [0.3, 0.4) is 0 Å². The zero-order chi connectivity index (χ0) is 20.7. The summed E-state index contributed by atoms with van der Waals surface area (Å²) in [5.41, 5.74) is -0.661.